The molecule has 1 aromatic heterocycles. The summed E-state index contributed by atoms with van der Waals surface area (Å²) >= 11 is 9.00. The highest BCUT2D eigenvalue weighted by Crippen LogP contribution is 2.28. The fourth-order valence-electron chi connectivity index (χ4n) is 2.30. The molecule has 3 aromatic rings. The lowest BCUT2D eigenvalue weighted by molar-refractivity contribution is 0.102. The molecule has 0 fully saturated rings. The van der Waals surface area contributed by atoms with E-state index in [0.717, 1.165) is 10.1 Å². The van der Waals surface area contributed by atoms with Gasteiger partial charge in [0.25, 0.3) is 15.9 Å². The summed E-state index contributed by atoms with van der Waals surface area (Å²) in [5.74, 6) is 0.910. The summed E-state index contributed by atoms with van der Waals surface area (Å²) in [6.07, 6.45) is 0. The van der Waals surface area contributed by atoms with Crippen molar-refractivity contribution in [1.29, 1.82) is 0 Å². The monoisotopic (exact) mass is 482 g/mol. The second-order valence-electron chi connectivity index (χ2n) is 6.65. The average molecular weight is 483 g/mol. The van der Waals surface area contributed by atoms with Gasteiger partial charge in [-0.2, -0.15) is 0 Å². The molecule has 2 aromatic carbocycles. The van der Waals surface area contributed by atoms with Crippen LogP contribution in [0.2, 0.25) is 5.02 Å². The van der Waals surface area contributed by atoms with Gasteiger partial charge in [-0.15, -0.1) is 10.2 Å². The summed E-state index contributed by atoms with van der Waals surface area (Å²) in [6.45, 7) is 4.22. The summed E-state index contributed by atoms with van der Waals surface area (Å²) in [5, 5.41) is 11.2. The minimum absolute atomic E-state index is 0.117. The van der Waals surface area contributed by atoms with Crippen LogP contribution >= 0.6 is 34.7 Å². The molecule has 0 aliphatic heterocycles. The lowest BCUT2D eigenvalue weighted by Gasteiger charge is -2.10. The summed E-state index contributed by atoms with van der Waals surface area (Å²) in [7, 11) is -3.79. The SMILES string of the molecule is CC(C)CSc1nnc(NC(=O)c2cc(NS(=O)(=O)c3ccccc3)ccc2Cl)s1. The van der Waals surface area contributed by atoms with Gasteiger partial charge in [-0.3, -0.25) is 14.8 Å². The number of benzene rings is 2. The van der Waals surface area contributed by atoms with Crippen LogP contribution in [-0.2, 0) is 10.0 Å². The van der Waals surface area contributed by atoms with E-state index in [9.17, 15) is 13.2 Å². The maximum Gasteiger partial charge on any atom is 0.261 e. The van der Waals surface area contributed by atoms with Gasteiger partial charge in [0, 0.05) is 11.4 Å². The number of thioether (sulfide) groups is 1. The van der Waals surface area contributed by atoms with Crippen molar-refractivity contribution >= 4 is 61.4 Å². The van der Waals surface area contributed by atoms with Crippen LogP contribution in [0.1, 0.15) is 24.2 Å². The van der Waals surface area contributed by atoms with Crippen LogP contribution in [-0.4, -0.2) is 30.3 Å². The van der Waals surface area contributed by atoms with E-state index in [4.69, 9.17) is 11.6 Å². The summed E-state index contributed by atoms with van der Waals surface area (Å²) in [4.78, 5) is 12.8. The highest BCUT2D eigenvalue weighted by Gasteiger charge is 2.18. The van der Waals surface area contributed by atoms with E-state index in [1.54, 1.807) is 30.0 Å². The van der Waals surface area contributed by atoms with E-state index >= 15 is 0 Å². The van der Waals surface area contributed by atoms with E-state index in [2.05, 4.69) is 34.1 Å². The first-order valence-corrected chi connectivity index (χ1v) is 12.6. The Hall–Kier alpha value is -2.14. The van der Waals surface area contributed by atoms with Gasteiger partial charge in [0.05, 0.1) is 15.5 Å². The minimum atomic E-state index is -3.79. The predicted molar refractivity (Wildman–Crippen MR) is 122 cm³/mol. The van der Waals surface area contributed by atoms with Crippen LogP contribution in [0, 0.1) is 5.92 Å². The number of hydrogen-bond acceptors (Lipinski definition) is 7. The number of nitrogens with one attached hydrogen (secondary N) is 2. The molecule has 0 unspecified atom stereocenters. The van der Waals surface area contributed by atoms with Crippen molar-refractivity contribution in [2.45, 2.75) is 23.1 Å². The first kappa shape index (κ1) is 22.5. The van der Waals surface area contributed by atoms with Crippen LogP contribution in [0.4, 0.5) is 10.8 Å². The van der Waals surface area contributed by atoms with E-state index in [1.165, 1.54) is 41.7 Å². The van der Waals surface area contributed by atoms with Gasteiger partial charge in [-0.25, -0.2) is 8.42 Å². The third-order valence-corrected chi connectivity index (χ3v) is 7.81. The Kier molecular flexibility index (Phi) is 7.35. The Morgan fingerprint density at radius 1 is 1.17 bits per heavy atom. The van der Waals surface area contributed by atoms with Crippen molar-refractivity contribution in [2.24, 2.45) is 5.92 Å². The lowest BCUT2D eigenvalue weighted by atomic mass is 10.2. The molecule has 2 N–H and O–H groups in total. The summed E-state index contributed by atoms with van der Waals surface area (Å²) in [6, 6.07) is 12.3. The number of carbonyl (C=O) groups excluding carboxylic acids is 1. The predicted octanol–water partition coefficient (Wildman–Crippen LogP) is 4.99. The Morgan fingerprint density at radius 2 is 1.90 bits per heavy atom. The molecule has 1 heterocycles. The molecular formula is C19H19ClN4O3S3. The van der Waals surface area contributed by atoms with Crippen LogP contribution in [0.25, 0.3) is 0 Å². The topological polar surface area (TPSA) is 101 Å². The normalized spacial score (nSPS) is 11.5. The lowest BCUT2D eigenvalue weighted by Crippen LogP contribution is -2.15. The number of anilines is 2. The van der Waals surface area contributed by atoms with Gasteiger partial charge >= 0.3 is 0 Å². The van der Waals surface area contributed by atoms with E-state index in [-0.39, 0.29) is 21.2 Å². The molecule has 0 aliphatic rings. The van der Waals surface area contributed by atoms with Crippen molar-refractivity contribution in [1.82, 2.24) is 10.2 Å². The third kappa shape index (κ3) is 5.94. The molecule has 0 atom stereocenters. The molecule has 3 rings (SSSR count). The molecule has 0 bridgehead atoms. The first-order chi connectivity index (χ1) is 14.2. The van der Waals surface area contributed by atoms with Gasteiger partial charge in [-0.05, 0) is 36.2 Å². The van der Waals surface area contributed by atoms with Crippen LogP contribution < -0.4 is 10.0 Å². The van der Waals surface area contributed by atoms with Crippen molar-refractivity contribution < 1.29 is 13.2 Å². The van der Waals surface area contributed by atoms with Crippen molar-refractivity contribution in [3.63, 3.8) is 0 Å². The first-order valence-electron chi connectivity index (χ1n) is 8.89. The molecule has 0 aliphatic carbocycles. The molecule has 30 heavy (non-hydrogen) atoms. The zero-order chi connectivity index (χ0) is 21.7. The van der Waals surface area contributed by atoms with Gasteiger partial charge in [0.15, 0.2) is 4.34 Å². The average Bonchev–Trinajstić information content (AvgIpc) is 3.15. The standard InChI is InChI=1S/C19H19ClN4O3S3/c1-12(2)11-28-19-23-22-18(29-19)21-17(25)15-10-13(8-9-16(15)20)24-30(26,27)14-6-4-3-5-7-14/h3-10,12,24H,11H2,1-2H3,(H,21,22,25). The van der Waals surface area contributed by atoms with E-state index < -0.39 is 15.9 Å². The maximum atomic E-state index is 12.7. The molecule has 0 saturated heterocycles. The van der Waals surface area contributed by atoms with Crippen molar-refractivity contribution in [3.05, 3.63) is 59.1 Å². The molecule has 1 amide bonds. The molecule has 0 radical (unpaired) electrons. The zero-order valence-electron chi connectivity index (χ0n) is 16.1. The van der Waals surface area contributed by atoms with Crippen LogP contribution in [0.3, 0.4) is 0 Å². The van der Waals surface area contributed by atoms with Crippen LogP contribution in [0.5, 0.6) is 0 Å². The van der Waals surface area contributed by atoms with Crippen molar-refractivity contribution in [3.8, 4) is 0 Å². The number of sulfonamides is 1. The smallest absolute Gasteiger partial charge is 0.261 e. The van der Waals surface area contributed by atoms with E-state index in [1.807, 2.05) is 0 Å². The number of hydrogen-bond donors (Lipinski definition) is 2. The number of carbonyl (C=O) groups is 1. The third-order valence-electron chi connectivity index (χ3n) is 3.68. The fraction of sp³-hybridized carbons (Fsp3) is 0.211. The Morgan fingerprint density at radius 3 is 2.60 bits per heavy atom. The second kappa shape index (κ2) is 9.78. The van der Waals surface area contributed by atoms with Gasteiger partial charge in [-0.1, -0.05) is 66.7 Å². The van der Waals surface area contributed by atoms with Crippen molar-refractivity contribution in [2.75, 3.05) is 15.8 Å². The van der Waals surface area contributed by atoms with Gasteiger partial charge in [0.2, 0.25) is 5.13 Å². The maximum absolute atomic E-state index is 12.7. The molecule has 0 saturated carbocycles. The van der Waals surface area contributed by atoms with Gasteiger partial charge < -0.3 is 0 Å². The Labute approximate surface area is 188 Å². The zero-order valence-corrected chi connectivity index (χ0v) is 19.3. The highest BCUT2D eigenvalue weighted by atomic mass is 35.5. The highest BCUT2D eigenvalue weighted by molar-refractivity contribution is 8.01. The summed E-state index contributed by atoms with van der Waals surface area (Å²) in [5.41, 5.74) is 0.343. The number of halogens is 1. The molecule has 0 spiro atoms. The minimum Gasteiger partial charge on any atom is -0.296 e. The number of amides is 1. The summed E-state index contributed by atoms with van der Waals surface area (Å²) < 4.78 is 28.2. The second-order valence-corrected chi connectivity index (χ2v) is 11.0. The molecule has 7 nitrogen and oxygen atoms in total. The molecule has 11 heteroatoms. The number of aromatic nitrogens is 2. The largest absolute Gasteiger partial charge is 0.296 e. The quantitative estimate of drug-likeness (QED) is 0.346. The van der Waals surface area contributed by atoms with E-state index in [0.29, 0.717) is 11.0 Å². The van der Waals surface area contributed by atoms with Crippen LogP contribution in [0.15, 0.2) is 57.8 Å². The fourth-order valence-corrected chi connectivity index (χ4v) is 5.29. The van der Waals surface area contributed by atoms with Gasteiger partial charge in [0.1, 0.15) is 0 Å². The Balaban J connectivity index is 1.74. The molecular weight excluding hydrogens is 464 g/mol. The Bertz CT molecular complexity index is 1130. The number of rotatable bonds is 8. The number of nitrogens with zero attached hydrogens (tertiary/aromatic N) is 2. The molecule has 158 valence electrons.